The summed E-state index contributed by atoms with van der Waals surface area (Å²) in [4.78, 5) is 16.4. The standard InChI is InChI=1S/C15H15BrClFN4O/c16-12-8-19-20-14(12)15(23)22-5-3-21(4-6-22)9-10-1-2-11(18)7-13(10)17/h1-2,7-8H,3-6,9H2,(H,19,20). The van der Waals surface area contributed by atoms with Crippen LogP contribution in [-0.2, 0) is 6.54 Å². The third-order valence-corrected chi connectivity index (χ3v) is 4.83. The number of benzene rings is 1. The summed E-state index contributed by atoms with van der Waals surface area (Å²) in [5.74, 6) is -0.395. The van der Waals surface area contributed by atoms with E-state index in [1.54, 1.807) is 17.2 Å². The molecule has 0 radical (unpaired) electrons. The molecular weight excluding hydrogens is 387 g/mol. The molecule has 0 unspecified atom stereocenters. The van der Waals surface area contributed by atoms with E-state index < -0.39 is 0 Å². The number of aromatic nitrogens is 2. The summed E-state index contributed by atoms with van der Waals surface area (Å²) < 4.78 is 13.7. The molecule has 122 valence electrons. The van der Waals surface area contributed by atoms with Crippen LogP contribution in [0.4, 0.5) is 4.39 Å². The van der Waals surface area contributed by atoms with Gasteiger partial charge in [0.25, 0.3) is 5.91 Å². The number of carbonyl (C=O) groups is 1. The van der Waals surface area contributed by atoms with Crippen molar-refractivity contribution in [3.05, 3.63) is 51.0 Å². The van der Waals surface area contributed by atoms with Gasteiger partial charge < -0.3 is 4.90 Å². The van der Waals surface area contributed by atoms with Crippen molar-refractivity contribution in [3.8, 4) is 0 Å². The van der Waals surface area contributed by atoms with Gasteiger partial charge in [0.05, 0.1) is 10.7 Å². The zero-order valence-electron chi connectivity index (χ0n) is 12.2. The zero-order chi connectivity index (χ0) is 16.4. The van der Waals surface area contributed by atoms with E-state index in [0.29, 0.717) is 34.8 Å². The summed E-state index contributed by atoms with van der Waals surface area (Å²) in [6.07, 6.45) is 1.57. The van der Waals surface area contributed by atoms with Gasteiger partial charge in [0.15, 0.2) is 0 Å². The number of H-pyrrole nitrogens is 1. The highest BCUT2D eigenvalue weighted by Gasteiger charge is 2.24. The van der Waals surface area contributed by atoms with Crippen molar-refractivity contribution in [2.24, 2.45) is 0 Å². The van der Waals surface area contributed by atoms with E-state index in [4.69, 9.17) is 11.6 Å². The van der Waals surface area contributed by atoms with Crippen molar-refractivity contribution >= 4 is 33.4 Å². The highest BCUT2D eigenvalue weighted by atomic mass is 79.9. The number of piperazine rings is 1. The van der Waals surface area contributed by atoms with E-state index in [-0.39, 0.29) is 11.7 Å². The van der Waals surface area contributed by atoms with Crippen LogP contribution in [0, 0.1) is 5.82 Å². The van der Waals surface area contributed by atoms with E-state index in [9.17, 15) is 9.18 Å². The SMILES string of the molecule is O=C(c1[nH]ncc1Br)N1CCN(Cc2ccc(F)cc2Cl)CC1. The number of rotatable bonds is 3. The van der Waals surface area contributed by atoms with Gasteiger partial charge in [0.1, 0.15) is 11.5 Å². The Morgan fingerprint density at radius 3 is 2.70 bits per heavy atom. The number of amides is 1. The molecule has 0 saturated carbocycles. The lowest BCUT2D eigenvalue weighted by molar-refractivity contribution is 0.0622. The predicted octanol–water partition coefficient (Wildman–Crippen LogP) is 2.92. The molecular formula is C15H15BrClFN4O. The van der Waals surface area contributed by atoms with Crippen molar-refractivity contribution in [1.29, 1.82) is 0 Å². The Hall–Kier alpha value is -1.44. The van der Waals surface area contributed by atoms with Gasteiger partial charge in [-0.3, -0.25) is 14.8 Å². The summed E-state index contributed by atoms with van der Waals surface area (Å²) in [6.45, 7) is 3.39. The topological polar surface area (TPSA) is 52.2 Å². The second-order valence-electron chi connectivity index (χ2n) is 5.40. The summed E-state index contributed by atoms with van der Waals surface area (Å²) in [5, 5.41) is 7.00. The van der Waals surface area contributed by atoms with Crippen LogP contribution < -0.4 is 0 Å². The molecule has 1 aliphatic heterocycles. The predicted molar refractivity (Wildman–Crippen MR) is 88.9 cm³/mol. The summed E-state index contributed by atoms with van der Waals surface area (Å²) >= 11 is 9.37. The Kier molecular flexibility index (Phi) is 4.99. The Morgan fingerprint density at radius 2 is 2.09 bits per heavy atom. The molecule has 1 aromatic carbocycles. The van der Waals surface area contributed by atoms with Gasteiger partial charge in [0, 0.05) is 37.7 Å². The van der Waals surface area contributed by atoms with Gasteiger partial charge in [0.2, 0.25) is 0 Å². The van der Waals surface area contributed by atoms with E-state index in [1.807, 2.05) is 0 Å². The molecule has 3 rings (SSSR count). The highest BCUT2D eigenvalue weighted by Crippen LogP contribution is 2.20. The fraction of sp³-hybridized carbons (Fsp3) is 0.333. The number of nitrogens with one attached hydrogen (secondary N) is 1. The van der Waals surface area contributed by atoms with Crippen molar-refractivity contribution in [3.63, 3.8) is 0 Å². The maximum Gasteiger partial charge on any atom is 0.273 e. The molecule has 1 aliphatic rings. The van der Waals surface area contributed by atoms with Crippen molar-refractivity contribution in [2.75, 3.05) is 26.2 Å². The first-order valence-corrected chi connectivity index (χ1v) is 8.36. The molecule has 23 heavy (non-hydrogen) atoms. The molecule has 1 N–H and O–H groups in total. The molecule has 1 fully saturated rings. The molecule has 1 saturated heterocycles. The number of nitrogens with zero attached hydrogens (tertiary/aromatic N) is 3. The molecule has 0 atom stereocenters. The number of halogens is 3. The number of hydrogen-bond acceptors (Lipinski definition) is 3. The Bertz CT molecular complexity index is 715. The van der Waals surface area contributed by atoms with Gasteiger partial charge in [-0.2, -0.15) is 5.10 Å². The minimum absolute atomic E-state index is 0.0613. The molecule has 8 heteroatoms. The average Bonchev–Trinajstić information content (AvgIpc) is 2.96. The molecule has 2 aromatic rings. The van der Waals surface area contributed by atoms with Crippen molar-refractivity contribution in [2.45, 2.75) is 6.54 Å². The summed E-state index contributed by atoms with van der Waals surface area (Å²) in [7, 11) is 0. The third-order valence-electron chi connectivity index (χ3n) is 3.88. The molecule has 0 bridgehead atoms. The van der Waals surface area contributed by atoms with Crippen LogP contribution in [0.15, 0.2) is 28.9 Å². The summed E-state index contributed by atoms with van der Waals surface area (Å²) in [5.41, 5.74) is 1.36. The van der Waals surface area contributed by atoms with E-state index in [0.717, 1.165) is 18.7 Å². The van der Waals surface area contributed by atoms with Crippen molar-refractivity contribution < 1.29 is 9.18 Å². The Balaban J connectivity index is 1.58. The first kappa shape index (κ1) is 16.4. The molecule has 0 spiro atoms. The molecule has 5 nitrogen and oxygen atoms in total. The maximum atomic E-state index is 13.1. The lowest BCUT2D eigenvalue weighted by atomic mass is 10.2. The lowest BCUT2D eigenvalue weighted by Gasteiger charge is -2.34. The monoisotopic (exact) mass is 400 g/mol. The second-order valence-corrected chi connectivity index (χ2v) is 6.66. The Morgan fingerprint density at radius 1 is 1.35 bits per heavy atom. The Labute approximate surface area is 146 Å². The lowest BCUT2D eigenvalue weighted by Crippen LogP contribution is -2.48. The minimum atomic E-state index is -0.334. The molecule has 2 heterocycles. The van der Waals surface area contributed by atoms with Crippen LogP contribution in [0.1, 0.15) is 16.1 Å². The summed E-state index contributed by atoms with van der Waals surface area (Å²) in [6, 6.07) is 4.44. The quantitative estimate of drug-likeness (QED) is 0.860. The van der Waals surface area contributed by atoms with Gasteiger partial charge in [-0.1, -0.05) is 17.7 Å². The zero-order valence-corrected chi connectivity index (χ0v) is 14.6. The smallest absolute Gasteiger partial charge is 0.273 e. The second kappa shape index (κ2) is 6.98. The molecule has 0 aliphatic carbocycles. The minimum Gasteiger partial charge on any atom is -0.335 e. The van der Waals surface area contributed by atoms with Crippen LogP contribution >= 0.6 is 27.5 Å². The van der Waals surface area contributed by atoms with Crippen LogP contribution in [-0.4, -0.2) is 52.1 Å². The highest BCUT2D eigenvalue weighted by molar-refractivity contribution is 9.10. The largest absolute Gasteiger partial charge is 0.335 e. The van der Waals surface area contributed by atoms with Crippen LogP contribution in [0.5, 0.6) is 0 Å². The molecule has 1 aromatic heterocycles. The maximum absolute atomic E-state index is 13.1. The van der Waals surface area contributed by atoms with Crippen LogP contribution in [0.3, 0.4) is 0 Å². The van der Waals surface area contributed by atoms with E-state index >= 15 is 0 Å². The number of hydrogen-bond donors (Lipinski definition) is 1. The van der Waals surface area contributed by atoms with Gasteiger partial charge in [-0.25, -0.2) is 4.39 Å². The van der Waals surface area contributed by atoms with E-state index in [2.05, 4.69) is 31.0 Å². The first-order chi connectivity index (χ1) is 11.0. The third kappa shape index (κ3) is 3.73. The van der Waals surface area contributed by atoms with Gasteiger partial charge >= 0.3 is 0 Å². The number of carbonyl (C=O) groups excluding carboxylic acids is 1. The van der Waals surface area contributed by atoms with Crippen molar-refractivity contribution in [1.82, 2.24) is 20.0 Å². The fourth-order valence-corrected chi connectivity index (χ4v) is 3.17. The first-order valence-electron chi connectivity index (χ1n) is 7.19. The fourth-order valence-electron chi connectivity index (χ4n) is 2.58. The average molecular weight is 402 g/mol. The van der Waals surface area contributed by atoms with Gasteiger partial charge in [-0.15, -0.1) is 0 Å². The van der Waals surface area contributed by atoms with Crippen LogP contribution in [0.2, 0.25) is 5.02 Å². The normalized spacial score (nSPS) is 15.9. The van der Waals surface area contributed by atoms with E-state index in [1.165, 1.54) is 12.1 Å². The molecule has 1 amide bonds. The number of aromatic amines is 1. The van der Waals surface area contributed by atoms with Gasteiger partial charge in [-0.05, 0) is 33.6 Å². The van der Waals surface area contributed by atoms with Crippen LogP contribution in [0.25, 0.3) is 0 Å².